The minimum absolute atomic E-state index is 0.0347. The van der Waals surface area contributed by atoms with E-state index in [1.807, 2.05) is 23.1 Å². The summed E-state index contributed by atoms with van der Waals surface area (Å²) in [6, 6.07) is 13.2. The fraction of sp³-hybridized carbons (Fsp3) is 0.263. The second-order valence-corrected chi connectivity index (χ2v) is 8.14. The highest BCUT2D eigenvalue weighted by atomic mass is 35.5. The van der Waals surface area contributed by atoms with Crippen molar-refractivity contribution in [2.45, 2.75) is 18.8 Å². The van der Waals surface area contributed by atoms with E-state index in [0.717, 1.165) is 29.9 Å². The van der Waals surface area contributed by atoms with E-state index in [4.69, 9.17) is 28.2 Å². The zero-order valence-corrected chi connectivity index (χ0v) is 15.7. The molecular weight excluding hydrogens is 375 g/mol. The number of rotatable bonds is 2. The van der Waals surface area contributed by atoms with Gasteiger partial charge < -0.3 is 4.90 Å². The van der Waals surface area contributed by atoms with Gasteiger partial charge in [-0.25, -0.2) is 4.98 Å². The van der Waals surface area contributed by atoms with E-state index in [9.17, 15) is 4.79 Å². The molecule has 0 N–H and O–H groups in total. The lowest BCUT2D eigenvalue weighted by Crippen LogP contribution is -2.39. The number of benzene rings is 2. The Hall–Kier alpha value is -1.62. The molecule has 0 spiro atoms. The lowest BCUT2D eigenvalue weighted by atomic mass is 9.98. The molecule has 1 fully saturated rings. The van der Waals surface area contributed by atoms with Crippen molar-refractivity contribution in [1.29, 1.82) is 0 Å². The summed E-state index contributed by atoms with van der Waals surface area (Å²) in [5.41, 5.74) is 1.54. The normalized spacial score (nSPS) is 17.8. The van der Waals surface area contributed by atoms with E-state index in [1.165, 1.54) is 4.70 Å². The van der Waals surface area contributed by atoms with E-state index in [0.29, 0.717) is 22.2 Å². The molecule has 1 atom stereocenters. The van der Waals surface area contributed by atoms with Gasteiger partial charge in [-0.15, -0.1) is 11.3 Å². The average molecular weight is 391 g/mol. The van der Waals surface area contributed by atoms with Gasteiger partial charge in [0.25, 0.3) is 5.91 Å². The largest absolute Gasteiger partial charge is 0.338 e. The number of carbonyl (C=O) groups excluding carboxylic acids is 1. The van der Waals surface area contributed by atoms with Crippen LogP contribution in [0.4, 0.5) is 0 Å². The quantitative estimate of drug-likeness (QED) is 0.568. The van der Waals surface area contributed by atoms with Crippen molar-refractivity contribution in [3.8, 4) is 0 Å². The lowest BCUT2D eigenvalue weighted by molar-refractivity contribution is 0.0707. The highest BCUT2D eigenvalue weighted by Gasteiger charge is 2.28. The van der Waals surface area contributed by atoms with E-state index < -0.39 is 0 Å². The second-order valence-electron chi connectivity index (χ2n) is 6.23. The number of halogens is 2. The van der Waals surface area contributed by atoms with Gasteiger partial charge in [0.15, 0.2) is 0 Å². The van der Waals surface area contributed by atoms with E-state index in [-0.39, 0.29) is 11.8 Å². The number of piperidine rings is 1. The van der Waals surface area contributed by atoms with Crippen LogP contribution in [0.3, 0.4) is 0 Å². The summed E-state index contributed by atoms with van der Waals surface area (Å²) < 4.78 is 1.20. The standard InChI is InChI=1S/C19H16Cl2N2OS/c20-13-7-8-14(15(21)10-13)19(24)23-9-3-4-12(11-23)18-22-16-5-1-2-6-17(16)25-18/h1-2,5-8,10,12H,3-4,9,11H2/t12-/m0/s1. The van der Waals surface area contributed by atoms with Crippen LogP contribution in [0.5, 0.6) is 0 Å². The molecule has 2 heterocycles. The Morgan fingerprint density at radius 2 is 2.04 bits per heavy atom. The van der Waals surface area contributed by atoms with Crippen molar-refractivity contribution in [1.82, 2.24) is 9.88 Å². The Kier molecular flexibility index (Phi) is 4.67. The Bertz CT molecular complexity index is 907. The number of hydrogen-bond acceptors (Lipinski definition) is 3. The Morgan fingerprint density at radius 3 is 2.84 bits per heavy atom. The monoisotopic (exact) mass is 390 g/mol. The van der Waals surface area contributed by atoms with Crippen LogP contribution >= 0.6 is 34.5 Å². The smallest absolute Gasteiger partial charge is 0.255 e. The van der Waals surface area contributed by atoms with Crippen LogP contribution in [0.15, 0.2) is 42.5 Å². The Balaban J connectivity index is 1.57. The van der Waals surface area contributed by atoms with Crippen LogP contribution in [-0.4, -0.2) is 28.9 Å². The number of likely N-dealkylation sites (tertiary alicyclic amines) is 1. The van der Waals surface area contributed by atoms with Crippen LogP contribution in [0, 0.1) is 0 Å². The van der Waals surface area contributed by atoms with Gasteiger partial charge in [0.1, 0.15) is 0 Å². The van der Waals surface area contributed by atoms with Crippen molar-refractivity contribution in [3.05, 3.63) is 63.1 Å². The molecule has 128 valence electrons. The molecule has 0 unspecified atom stereocenters. The molecule has 4 rings (SSSR count). The lowest BCUT2D eigenvalue weighted by Gasteiger charge is -2.32. The molecule has 1 aliphatic heterocycles. The molecule has 0 saturated carbocycles. The number of para-hydroxylation sites is 1. The van der Waals surface area contributed by atoms with Gasteiger partial charge in [-0.05, 0) is 43.2 Å². The van der Waals surface area contributed by atoms with Gasteiger partial charge >= 0.3 is 0 Å². The van der Waals surface area contributed by atoms with Gasteiger partial charge in [-0.3, -0.25) is 4.79 Å². The molecule has 0 radical (unpaired) electrons. The van der Waals surface area contributed by atoms with Gasteiger partial charge in [0, 0.05) is 24.0 Å². The van der Waals surface area contributed by atoms with E-state index in [2.05, 4.69) is 6.07 Å². The fourth-order valence-corrected chi connectivity index (χ4v) is 4.84. The molecule has 3 aromatic rings. The van der Waals surface area contributed by atoms with Crippen molar-refractivity contribution < 1.29 is 4.79 Å². The topological polar surface area (TPSA) is 33.2 Å². The molecule has 1 amide bonds. The maximum absolute atomic E-state index is 12.9. The van der Waals surface area contributed by atoms with Gasteiger partial charge in [-0.1, -0.05) is 35.3 Å². The summed E-state index contributed by atoms with van der Waals surface area (Å²) in [5.74, 6) is 0.244. The van der Waals surface area contributed by atoms with E-state index in [1.54, 1.807) is 29.5 Å². The summed E-state index contributed by atoms with van der Waals surface area (Å²) in [6.07, 6.45) is 2.02. The van der Waals surface area contributed by atoms with Crippen LogP contribution in [0.1, 0.15) is 34.1 Å². The summed E-state index contributed by atoms with van der Waals surface area (Å²) in [7, 11) is 0. The van der Waals surface area contributed by atoms with E-state index >= 15 is 0 Å². The highest BCUT2D eigenvalue weighted by molar-refractivity contribution is 7.18. The van der Waals surface area contributed by atoms with Crippen molar-refractivity contribution in [2.75, 3.05) is 13.1 Å². The summed E-state index contributed by atoms with van der Waals surface area (Å²) in [5, 5.41) is 2.05. The first-order valence-electron chi connectivity index (χ1n) is 8.21. The summed E-state index contributed by atoms with van der Waals surface area (Å²) >= 11 is 13.9. The third-order valence-electron chi connectivity index (χ3n) is 4.53. The zero-order valence-electron chi connectivity index (χ0n) is 13.4. The second kappa shape index (κ2) is 6.94. The number of thiazole rings is 1. The number of hydrogen-bond donors (Lipinski definition) is 0. The molecular formula is C19H16Cl2N2OS. The SMILES string of the molecule is O=C(c1ccc(Cl)cc1Cl)N1CCC[C@H](c2nc3ccccc3s2)C1. The summed E-state index contributed by atoms with van der Waals surface area (Å²) in [6.45, 7) is 1.43. The number of fused-ring (bicyclic) bond motifs is 1. The zero-order chi connectivity index (χ0) is 17.4. The van der Waals surface area contributed by atoms with Gasteiger partial charge in [0.05, 0.1) is 25.8 Å². The molecule has 0 bridgehead atoms. The predicted molar refractivity (Wildman–Crippen MR) is 104 cm³/mol. The van der Waals surface area contributed by atoms with Crippen LogP contribution < -0.4 is 0 Å². The third-order valence-corrected chi connectivity index (χ3v) is 6.28. The Labute approximate surface area is 160 Å². The molecule has 1 saturated heterocycles. The number of nitrogens with zero attached hydrogens (tertiary/aromatic N) is 2. The first-order chi connectivity index (χ1) is 12.1. The molecule has 1 aromatic heterocycles. The van der Waals surface area contributed by atoms with Gasteiger partial charge in [0.2, 0.25) is 0 Å². The molecule has 0 aliphatic carbocycles. The average Bonchev–Trinajstić information content (AvgIpc) is 3.05. The number of carbonyl (C=O) groups is 1. The molecule has 6 heteroatoms. The third kappa shape index (κ3) is 3.39. The Morgan fingerprint density at radius 1 is 1.20 bits per heavy atom. The first-order valence-corrected chi connectivity index (χ1v) is 9.79. The van der Waals surface area contributed by atoms with Crippen molar-refractivity contribution in [3.63, 3.8) is 0 Å². The number of amides is 1. The predicted octanol–water partition coefficient (Wildman–Crippen LogP) is 5.62. The van der Waals surface area contributed by atoms with Crippen LogP contribution in [-0.2, 0) is 0 Å². The molecule has 2 aromatic carbocycles. The molecule has 1 aliphatic rings. The van der Waals surface area contributed by atoms with Crippen LogP contribution in [0.2, 0.25) is 10.0 Å². The highest BCUT2D eigenvalue weighted by Crippen LogP contribution is 2.34. The molecule has 25 heavy (non-hydrogen) atoms. The number of aromatic nitrogens is 1. The van der Waals surface area contributed by atoms with Gasteiger partial charge in [-0.2, -0.15) is 0 Å². The fourth-order valence-electron chi connectivity index (χ4n) is 3.26. The van der Waals surface area contributed by atoms with Crippen molar-refractivity contribution in [2.24, 2.45) is 0 Å². The first kappa shape index (κ1) is 16.8. The summed E-state index contributed by atoms with van der Waals surface area (Å²) in [4.78, 5) is 19.5. The molecule has 3 nitrogen and oxygen atoms in total. The minimum Gasteiger partial charge on any atom is -0.338 e. The maximum atomic E-state index is 12.9. The van der Waals surface area contributed by atoms with Crippen LogP contribution in [0.25, 0.3) is 10.2 Å². The minimum atomic E-state index is -0.0347. The van der Waals surface area contributed by atoms with Crippen molar-refractivity contribution >= 4 is 50.7 Å². The maximum Gasteiger partial charge on any atom is 0.255 e.